The fourth-order valence-electron chi connectivity index (χ4n) is 2.45. The number of para-hydroxylation sites is 1. The Hall–Kier alpha value is -2.24. The third-order valence-electron chi connectivity index (χ3n) is 3.68. The van der Waals surface area contributed by atoms with E-state index >= 15 is 0 Å². The molecule has 0 saturated heterocycles. The normalized spacial score (nSPS) is 12.4. The highest BCUT2D eigenvalue weighted by Gasteiger charge is 2.08. The van der Waals surface area contributed by atoms with Gasteiger partial charge in [-0.25, -0.2) is 0 Å². The number of pyridine rings is 1. The van der Waals surface area contributed by atoms with Crippen molar-refractivity contribution in [1.82, 2.24) is 4.98 Å². The highest BCUT2D eigenvalue weighted by atomic mass is 32.2. The molecule has 0 aliphatic carbocycles. The minimum absolute atomic E-state index is 0.00413. The van der Waals surface area contributed by atoms with Gasteiger partial charge in [-0.2, -0.15) is 0 Å². The predicted octanol–water partition coefficient (Wildman–Crippen LogP) is 2.47. The number of benzene rings is 2. The van der Waals surface area contributed by atoms with E-state index in [-0.39, 0.29) is 17.9 Å². The third-order valence-corrected chi connectivity index (χ3v) is 4.97. The van der Waals surface area contributed by atoms with E-state index in [0.717, 1.165) is 22.0 Å². The molecule has 2 aromatic carbocycles. The lowest BCUT2D eigenvalue weighted by atomic mass is 10.2. The maximum Gasteiger partial charge on any atom is 0.252 e. The molecular weight excluding hydrogens is 310 g/mol. The van der Waals surface area contributed by atoms with Gasteiger partial charge in [0.15, 0.2) is 0 Å². The van der Waals surface area contributed by atoms with E-state index in [1.54, 1.807) is 6.07 Å². The van der Waals surface area contributed by atoms with Gasteiger partial charge in [0.2, 0.25) is 0 Å². The van der Waals surface area contributed by atoms with Gasteiger partial charge in [0, 0.05) is 27.6 Å². The minimum Gasteiger partial charge on any atom is -0.392 e. The molecule has 0 amide bonds. The standard InChI is InChI=1S/C18H17NO3S/c20-10-13-5-7-14(8-6-13)11-23(22)12-16-9-15-3-1-2-4-17(15)19-18(16)21/h1-9,20H,10-12H2,(H,19,21). The molecule has 0 radical (unpaired) electrons. The molecule has 0 saturated carbocycles. The molecule has 1 unspecified atom stereocenters. The molecule has 3 rings (SSSR count). The lowest BCUT2D eigenvalue weighted by Crippen LogP contribution is -2.14. The summed E-state index contributed by atoms with van der Waals surface area (Å²) in [5.74, 6) is 0.611. The van der Waals surface area contributed by atoms with Gasteiger partial charge in [-0.3, -0.25) is 9.00 Å². The molecule has 0 spiro atoms. The van der Waals surface area contributed by atoms with Crippen molar-refractivity contribution in [2.45, 2.75) is 18.1 Å². The van der Waals surface area contributed by atoms with Crippen LogP contribution in [0.1, 0.15) is 16.7 Å². The number of nitrogens with one attached hydrogen (secondary N) is 1. The Kier molecular flexibility index (Phi) is 4.69. The van der Waals surface area contributed by atoms with E-state index in [2.05, 4.69) is 4.98 Å². The quantitative estimate of drug-likeness (QED) is 0.756. The second-order valence-corrected chi connectivity index (χ2v) is 6.87. The molecule has 0 aliphatic rings. The highest BCUT2D eigenvalue weighted by Crippen LogP contribution is 2.13. The summed E-state index contributed by atoms with van der Waals surface area (Å²) in [5, 5.41) is 9.96. The Morgan fingerprint density at radius 3 is 2.39 bits per heavy atom. The van der Waals surface area contributed by atoms with Gasteiger partial charge in [-0.05, 0) is 28.6 Å². The van der Waals surface area contributed by atoms with Gasteiger partial charge in [0.25, 0.3) is 5.56 Å². The number of aromatic amines is 1. The van der Waals surface area contributed by atoms with Crippen molar-refractivity contribution in [3.63, 3.8) is 0 Å². The lowest BCUT2D eigenvalue weighted by Gasteiger charge is -2.05. The van der Waals surface area contributed by atoms with Crippen LogP contribution in [0.15, 0.2) is 59.4 Å². The van der Waals surface area contributed by atoms with Crippen LogP contribution in [0.25, 0.3) is 10.9 Å². The van der Waals surface area contributed by atoms with E-state index in [9.17, 15) is 9.00 Å². The molecule has 1 aromatic heterocycles. The summed E-state index contributed by atoms with van der Waals surface area (Å²) in [4.78, 5) is 14.9. The number of H-pyrrole nitrogens is 1. The van der Waals surface area contributed by atoms with Gasteiger partial charge in [0.1, 0.15) is 0 Å². The maximum atomic E-state index is 12.3. The molecule has 1 atom stereocenters. The largest absolute Gasteiger partial charge is 0.392 e. The zero-order chi connectivity index (χ0) is 16.2. The number of aliphatic hydroxyl groups excluding tert-OH is 1. The smallest absolute Gasteiger partial charge is 0.252 e. The summed E-state index contributed by atoms with van der Waals surface area (Å²) in [5.41, 5.74) is 2.89. The molecule has 23 heavy (non-hydrogen) atoms. The van der Waals surface area contributed by atoms with Gasteiger partial charge in [-0.1, -0.05) is 42.5 Å². The molecule has 1 heterocycles. The average Bonchev–Trinajstić information content (AvgIpc) is 2.56. The Morgan fingerprint density at radius 2 is 1.65 bits per heavy atom. The number of aliphatic hydroxyl groups is 1. The fourth-order valence-corrected chi connectivity index (χ4v) is 3.68. The van der Waals surface area contributed by atoms with E-state index < -0.39 is 10.8 Å². The maximum absolute atomic E-state index is 12.3. The number of hydrogen-bond acceptors (Lipinski definition) is 3. The zero-order valence-corrected chi connectivity index (χ0v) is 13.3. The number of fused-ring (bicyclic) bond motifs is 1. The topological polar surface area (TPSA) is 70.2 Å². The molecule has 5 heteroatoms. The highest BCUT2D eigenvalue weighted by molar-refractivity contribution is 7.83. The first kappa shape index (κ1) is 15.6. The number of hydrogen-bond donors (Lipinski definition) is 2. The van der Waals surface area contributed by atoms with E-state index in [1.807, 2.05) is 48.5 Å². The van der Waals surface area contributed by atoms with Crippen LogP contribution in [0, 0.1) is 0 Å². The van der Waals surface area contributed by atoms with E-state index in [0.29, 0.717) is 11.3 Å². The monoisotopic (exact) mass is 327 g/mol. The molecule has 3 aromatic rings. The molecular formula is C18H17NO3S. The van der Waals surface area contributed by atoms with Gasteiger partial charge in [0.05, 0.1) is 12.4 Å². The van der Waals surface area contributed by atoms with Gasteiger partial charge < -0.3 is 10.1 Å². The van der Waals surface area contributed by atoms with Crippen LogP contribution in [0.5, 0.6) is 0 Å². The van der Waals surface area contributed by atoms with Gasteiger partial charge in [-0.15, -0.1) is 0 Å². The van der Waals surface area contributed by atoms with Crippen LogP contribution in [-0.4, -0.2) is 14.3 Å². The molecule has 2 N–H and O–H groups in total. The Bertz CT molecular complexity index is 900. The van der Waals surface area contributed by atoms with Crippen molar-refractivity contribution in [1.29, 1.82) is 0 Å². The van der Waals surface area contributed by atoms with Crippen molar-refractivity contribution in [3.8, 4) is 0 Å². The molecule has 118 valence electrons. The van der Waals surface area contributed by atoms with Crippen LogP contribution >= 0.6 is 0 Å². The molecule has 0 aliphatic heterocycles. The van der Waals surface area contributed by atoms with Crippen LogP contribution in [0.2, 0.25) is 0 Å². The van der Waals surface area contributed by atoms with Crippen LogP contribution in [0.3, 0.4) is 0 Å². The summed E-state index contributed by atoms with van der Waals surface area (Å²) >= 11 is 0. The third kappa shape index (κ3) is 3.75. The summed E-state index contributed by atoms with van der Waals surface area (Å²) in [7, 11) is -1.17. The fraction of sp³-hybridized carbons (Fsp3) is 0.167. The first-order chi connectivity index (χ1) is 11.2. The number of rotatable bonds is 5. The Labute approximate surface area is 136 Å². The van der Waals surface area contributed by atoms with Crippen LogP contribution < -0.4 is 5.56 Å². The number of aromatic nitrogens is 1. The zero-order valence-electron chi connectivity index (χ0n) is 12.5. The van der Waals surface area contributed by atoms with Crippen molar-refractivity contribution in [2.75, 3.05) is 0 Å². The molecule has 4 nitrogen and oxygen atoms in total. The second kappa shape index (κ2) is 6.89. The van der Waals surface area contributed by atoms with Crippen molar-refractivity contribution in [2.24, 2.45) is 0 Å². The second-order valence-electron chi connectivity index (χ2n) is 5.41. The SMILES string of the molecule is O=c1[nH]c2ccccc2cc1CS(=O)Cc1ccc(CO)cc1. The lowest BCUT2D eigenvalue weighted by molar-refractivity contribution is 0.282. The van der Waals surface area contributed by atoms with E-state index in [1.165, 1.54) is 0 Å². The van der Waals surface area contributed by atoms with Crippen LogP contribution in [-0.2, 0) is 28.9 Å². The minimum atomic E-state index is -1.17. The Morgan fingerprint density at radius 1 is 0.957 bits per heavy atom. The molecule has 0 bridgehead atoms. The van der Waals surface area contributed by atoms with E-state index in [4.69, 9.17) is 5.11 Å². The average molecular weight is 327 g/mol. The van der Waals surface area contributed by atoms with Crippen LogP contribution in [0.4, 0.5) is 0 Å². The Balaban J connectivity index is 1.76. The summed E-state index contributed by atoms with van der Waals surface area (Å²) < 4.78 is 12.3. The summed E-state index contributed by atoms with van der Waals surface area (Å²) in [6.45, 7) is -0.00413. The first-order valence-corrected chi connectivity index (χ1v) is 8.79. The first-order valence-electron chi connectivity index (χ1n) is 7.30. The van der Waals surface area contributed by atoms with Crippen molar-refractivity contribution >= 4 is 21.7 Å². The molecule has 0 fully saturated rings. The van der Waals surface area contributed by atoms with Crippen molar-refractivity contribution < 1.29 is 9.32 Å². The van der Waals surface area contributed by atoms with Gasteiger partial charge >= 0.3 is 0 Å². The van der Waals surface area contributed by atoms with Crippen molar-refractivity contribution in [3.05, 3.63) is 81.6 Å². The summed E-state index contributed by atoms with van der Waals surface area (Å²) in [6.07, 6.45) is 0. The summed E-state index contributed by atoms with van der Waals surface area (Å²) in [6, 6.07) is 16.7. The predicted molar refractivity (Wildman–Crippen MR) is 92.5 cm³/mol.